The van der Waals surface area contributed by atoms with Gasteiger partial charge in [0.05, 0.1) is 5.69 Å². The van der Waals surface area contributed by atoms with E-state index in [1.54, 1.807) is 12.1 Å². The van der Waals surface area contributed by atoms with E-state index < -0.39 is 12.8 Å². The second-order valence-corrected chi connectivity index (χ2v) is 5.39. The smallest absolute Gasteiger partial charge is 0.422 e. The van der Waals surface area contributed by atoms with E-state index in [2.05, 4.69) is 19.6 Å². The van der Waals surface area contributed by atoms with Crippen LogP contribution in [0.4, 0.5) is 13.2 Å². The highest BCUT2D eigenvalue weighted by Crippen LogP contribution is 2.19. The summed E-state index contributed by atoms with van der Waals surface area (Å²) < 4.78 is 44.5. The Labute approximate surface area is 134 Å². The number of aromatic nitrogens is 2. The number of nitrogens with zero attached hydrogens (tertiary/aromatic N) is 2. The zero-order valence-electron chi connectivity index (χ0n) is 12.2. The van der Waals surface area contributed by atoms with Gasteiger partial charge >= 0.3 is 6.18 Å². The van der Waals surface area contributed by atoms with Gasteiger partial charge in [0.25, 0.3) is 5.91 Å². The molecule has 2 aromatic rings. The molecule has 1 N–H and O–H groups in total. The van der Waals surface area contributed by atoms with Crippen molar-refractivity contribution in [2.45, 2.75) is 26.1 Å². The topological polar surface area (TPSA) is 64.1 Å². The van der Waals surface area contributed by atoms with Crippen LogP contribution >= 0.6 is 11.5 Å². The lowest BCUT2D eigenvalue weighted by Gasteiger charge is -2.10. The molecule has 1 aromatic carbocycles. The van der Waals surface area contributed by atoms with Gasteiger partial charge in [0.1, 0.15) is 10.6 Å². The lowest BCUT2D eigenvalue weighted by atomic mass is 10.2. The van der Waals surface area contributed by atoms with Crippen molar-refractivity contribution in [2.24, 2.45) is 0 Å². The summed E-state index contributed by atoms with van der Waals surface area (Å²) in [7, 11) is 0. The molecule has 1 heterocycles. The number of carbonyl (C=O) groups excluding carboxylic acids is 1. The van der Waals surface area contributed by atoms with Crippen molar-refractivity contribution in [2.75, 3.05) is 6.61 Å². The SMILES string of the molecule is CCc1nnsc1C(=O)NCc1ccc(OCC(F)(F)F)cc1. The summed E-state index contributed by atoms with van der Waals surface area (Å²) in [6.07, 6.45) is -3.75. The van der Waals surface area contributed by atoms with Gasteiger partial charge in [0.2, 0.25) is 0 Å². The first kappa shape index (κ1) is 17.2. The van der Waals surface area contributed by atoms with E-state index in [0.29, 0.717) is 17.0 Å². The number of rotatable bonds is 6. The average molecular weight is 345 g/mol. The number of halogens is 3. The largest absolute Gasteiger partial charge is 0.484 e. The van der Waals surface area contributed by atoms with Crippen LogP contribution in [0.2, 0.25) is 0 Å². The Morgan fingerprint density at radius 2 is 2.00 bits per heavy atom. The number of amides is 1. The van der Waals surface area contributed by atoms with Crippen LogP contribution in [0.15, 0.2) is 24.3 Å². The Morgan fingerprint density at radius 1 is 1.30 bits per heavy atom. The molecule has 0 fully saturated rings. The van der Waals surface area contributed by atoms with E-state index in [1.807, 2.05) is 6.92 Å². The number of hydrogen-bond donors (Lipinski definition) is 1. The minimum absolute atomic E-state index is 0.123. The molecule has 1 amide bonds. The quantitative estimate of drug-likeness (QED) is 0.874. The molecular formula is C14H14F3N3O2S. The third kappa shape index (κ3) is 5.20. The Balaban J connectivity index is 1.88. The van der Waals surface area contributed by atoms with E-state index >= 15 is 0 Å². The van der Waals surface area contributed by atoms with Gasteiger partial charge in [-0.3, -0.25) is 4.79 Å². The molecule has 1 aromatic heterocycles. The standard InChI is InChI=1S/C14H14F3N3O2S/c1-2-11-12(23-20-19-11)13(21)18-7-9-3-5-10(6-4-9)22-8-14(15,16)17/h3-6H,2,7-8H2,1H3,(H,18,21). The van der Waals surface area contributed by atoms with Crippen molar-refractivity contribution < 1.29 is 22.7 Å². The first-order valence-electron chi connectivity index (χ1n) is 6.77. The minimum atomic E-state index is -4.37. The van der Waals surface area contributed by atoms with Crippen molar-refractivity contribution >= 4 is 17.4 Å². The lowest BCUT2D eigenvalue weighted by molar-refractivity contribution is -0.153. The van der Waals surface area contributed by atoms with Gasteiger partial charge in [-0.1, -0.05) is 23.5 Å². The third-order valence-corrected chi connectivity index (χ3v) is 3.64. The summed E-state index contributed by atoms with van der Waals surface area (Å²) in [4.78, 5) is 12.5. The number of benzene rings is 1. The Hall–Kier alpha value is -2.16. The molecule has 5 nitrogen and oxygen atoms in total. The van der Waals surface area contributed by atoms with Crippen LogP contribution in [0.5, 0.6) is 5.75 Å². The molecule has 0 aliphatic rings. The molecule has 0 unspecified atom stereocenters. The molecule has 2 rings (SSSR count). The number of carbonyl (C=O) groups is 1. The minimum Gasteiger partial charge on any atom is -0.484 e. The van der Waals surface area contributed by atoms with Gasteiger partial charge in [-0.05, 0) is 35.6 Å². The summed E-state index contributed by atoms with van der Waals surface area (Å²) in [5.74, 6) is -0.147. The van der Waals surface area contributed by atoms with Gasteiger partial charge in [-0.2, -0.15) is 13.2 Å². The summed E-state index contributed by atoms with van der Waals surface area (Å²) in [5, 5.41) is 6.58. The van der Waals surface area contributed by atoms with E-state index in [1.165, 1.54) is 12.1 Å². The van der Waals surface area contributed by atoms with Crippen molar-refractivity contribution in [1.82, 2.24) is 14.9 Å². The zero-order chi connectivity index (χ0) is 16.9. The number of nitrogens with one attached hydrogen (secondary N) is 1. The van der Waals surface area contributed by atoms with Crippen LogP contribution < -0.4 is 10.1 Å². The fourth-order valence-electron chi connectivity index (χ4n) is 1.74. The predicted octanol–water partition coefficient (Wildman–Crippen LogP) is 2.97. The summed E-state index contributed by atoms with van der Waals surface area (Å²) in [5.41, 5.74) is 1.39. The molecule has 0 aliphatic carbocycles. The molecular weight excluding hydrogens is 331 g/mol. The first-order valence-corrected chi connectivity index (χ1v) is 7.54. The Bertz CT molecular complexity index is 656. The summed E-state index contributed by atoms with van der Waals surface area (Å²) in [6.45, 7) is 0.799. The predicted molar refractivity (Wildman–Crippen MR) is 78.4 cm³/mol. The van der Waals surface area contributed by atoms with E-state index in [4.69, 9.17) is 0 Å². The van der Waals surface area contributed by atoms with Crippen molar-refractivity contribution in [3.05, 3.63) is 40.4 Å². The third-order valence-electron chi connectivity index (χ3n) is 2.88. The van der Waals surface area contributed by atoms with Crippen molar-refractivity contribution in [3.63, 3.8) is 0 Å². The normalized spacial score (nSPS) is 11.3. The van der Waals surface area contributed by atoms with Crippen molar-refractivity contribution in [3.8, 4) is 5.75 Å². The lowest BCUT2D eigenvalue weighted by Crippen LogP contribution is -2.23. The Morgan fingerprint density at radius 3 is 2.61 bits per heavy atom. The van der Waals surface area contributed by atoms with Crippen LogP contribution in [0.25, 0.3) is 0 Å². The first-order chi connectivity index (χ1) is 10.9. The Kier molecular flexibility index (Phi) is 5.54. The second kappa shape index (κ2) is 7.40. The molecule has 0 aliphatic heterocycles. The molecule has 0 saturated carbocycles. The summed E-state index contributed by atoms with van der Waals surface area (Å²) >= 11 is 1.03. The van der Waals surface area contributed by atoms with Crippen LogP contribution in [0.3, 0.4) is 0 Å². The zero-order valence-corrected chi connectivity index (χ0v) is 13.0. The number of hydrogen-bond acceptors (Lipinski definition) is 5. The fourth-order valence-corrected chi connectivity index (χ4v) is 2.41. The van der Waals surface area contributed by atoms with Gasteiger partial charge in [-0.15, -0.1) is 5.10 Å². The van der Waals surface area contributed by atoms with Crippen LogP contribution in [-0.4, -0.2) is 28.3 Å². The number of alkyl halides is 3. The van der Waals surface area contributed by atoms with Gasteiger partial charge in [0.15, 0.2) is 6.61 Å². The molecule has 124 valence electrons. The van der Waals surface area contributed by atoms with E-state index in [-0.39, 0.29) is 18.2 Å². The number of aryl methyl sites for hydroxylation is 1. The fraction of sp³-hybridized carbons (Fsp3) is 0.357. The molecule has 9 heteroatoms. The highest BCUT2D eigenvalue weighted by atomic mass is 32.1. The molecule has 0 spiro atoms. The molecule has 0 atom stereocenters. The van der Waals surface area contributed by atoms with Gasteiger partial charge < -0.3 is 10.1 Å². The van der Waals surface area contributed by atoms with Crippen LogP contribution in [-0.2, 0) is 13.0 Å². The highest BCUT2D eigenvalue weighted by molar-refractivity contribution is 7.08. The van der Waals surface area contributed by atoms with Gasteiger partial charge in [0, 0.05) is 6.54 Å². The highest BCUT2D eigenvalue weighted by Gasteiger charge is 2.28. The monoisotopic (exact) mass is 345 g/mol. The molecule has 0 bridgehead atoms. The maximum absolute atomic E-state index is 12.0. The number of ether oxygens (including phenoxy) is 1. The molecule has 0 radical (unpaired) electrons. The van der Waals surface area contributed by atoms with Crippen LogP contribution in [0.1, 0.15) is 27.9 Å². The average Bonchev–Trinajstić information content (AvgIpc) is 2.99. The van der Waals surface area contributed by atoms with Crippen LogP contribution in [0, 0.1) is 0 Å². The molecule has 0 saturated heterocycles. The second-order valence-electron chi connectivity index (χ2n) is 4.63. The van der Waals surface area contributed by atoms with Gasteiger partial charge in [-0.25, -0.2) is 0 Å². The van der Waals surface area contributed by atoms with Crippen molar-refractivity contribution in [1.29, 1.82) is 0 Å². The molecule has 23 heavy (non-hydrogen) atoms. The van der Waals surface area contributed by atoms with E-state index in [9.17, 15) is 18.0 Å². The maximum atomic E-state index is 12.0. The van der Waals surface area contributed by atoms with E-state index in [0.717, 1.165) is 17.1 Å². The summed E-state index contributed by atoms with van der Waals surface area (Å²) in [6, 6.07) is 6.05. The maximum Gasteiger partial charge on any atom is 0.422 e.